The van der Waals surface area contributed by atoms with E-state index in [-0.39, 0.29) is 42.2 Å². The van der Waals surface area contributed by atoms with E-state index >= 15 is 0 Å². The minimum atomic E-state index is -4.15. The number of β-amino-alcohol motifs (C(OH)–C–C–N with tert-alkyl or cyclic N) is 1. The molecule has 0 radical (unpaired) electrons. The number of carbonyl (C=O) groups is 1. The molecule has 0 unspecified atom stereocenters. The molecule has 3 rings (SSSR count). The highest BCUT2D eigenvalue weighted by Gasteiger charge is 2.40. The van der Waals surface area contributed by atoms with Crippen LogP contribution in [0.25, 0.3) is 0 Å². The van der Waals surface area contributed by atoms with Crippen LogP contribution in [0.4, 0.5) is 8.78 Å². The molecule has 1 fully saturated rings. The van der Waals surface area contributed by atoms with Crippen LogP contribution in [0.5, 0.6) is 5.75 Å². The molecule has 0 saturated carbocycles. The van der Waals surface area contributed by atoms with Gasteiger partial charge in [-0.05, 0) is 49.2 Å². The summed E-state index contributed by atoms with van der Waals surface area (Å²) in [6, 6.07) is 7.15. The molecule has 1 aliphatic heterocycles. The molecule has 0 bridgehead atoms. The van der Waals surface area contributed by atoms with Gasteiger partial charge in [0.1, 0.15) is 30.0 Å². The molecule has 1 saturated heterocycles. The first-order valence-electron chi connectivity index (χ1n) is 9.03. The van der Waals surface area contributed by atoms with E-state index in [0.29, 0.717) is 0 Å². The maximum Gasteiger partial charge on any atom is 0.261 e. The number of hydrogen-bond acceptors (Lipinski definition) is 6. The van der Waals surface area contributed by atoms with Crippen LogP contribution in [0.3, 0.4) is 0 Å². The number of nitrogens with one attached hydrogen (secondary N) is 1. The molecule has 0 aliphatic carbocycles. The second-order valence-electron chi connectivity index (χ2n) is 6.79. The van der Waals surface area contributed by atoms with Crippen molar-refractivity contribution < 1.29 is 37.0 Å². The van der Waals surface area contributed by atoms with Crippen molar-refractivity contribution in [1.29, 1.82) is 0 Å². The van der Waals surface area contributed by atoms with Gasteiger partial charge in [-0.3, -0.25) is 10.0 Å². The lowest BCUT2D eigenvalue weighted by molar-refractivity contribution is -0.135. The normalized spacial score (nSPS) is 20.0. The predicted molar refractivity (Wildman–Crippen MR) is 100.0 cm³/mol. The van der Waals surface area contributed by atoms with Gasteiger partial charge in [-0.25, -0.2) is 22.7 Å². The van der Waals surface area contributed by atoms with Crippen molar-refractivity contribution in [2.24, 2.45) is 0 Å². The molecule has 0 spiro atoms. The molecule has 2 atom stereocenters. The molecule has 2 aromatic carbocycles. The number of carbonyl (C=O) groups excluding carboxylic acids is 1. The molecule has 0 aromatic heterocycles. The summed E-state index contributed by atoms with van der Waals surface area (Å²) in [5, 5.41) is 18.7. The van der Waals surface area contributed by atoms with E-state index in [1.54, 1.807) is 0 Å². The van der Waals surface area contributed by atoms with Gasteiger partial charge in [0.15, 0.2) is 0 Å². The van der Waals surface area contributed by atoms with Crippen LogP contribution < -0.4 is 10.2 Å². The van der Waals surface area contributed by atoms with Gasteiger partial charge in [-0.15, -0.1) is 0 Å². The Kier molecular flexibility index (Phi) is 6.66. The van der Waals surface area contributed by atoms with Crippen molar-refractivity contribution in [2.45, 2.75) is 36.5 Å². The van der Waals surface area contributed by atoms with Crippen LogP contribution in [-0.4, -0.2) is 47.6 Å². The highest BCUT2D eigenvalue weighted by atomic mass is 32.2. The monoisotopic (exact) mass is 442 g/mol. The van der Waals surface area contributed by atoms with Gasteiger partial charge in [0.2, 0.25) is 10.0 Å². The number of hydroxylamine groups is 1. The summed E-state index contributed by atoms with van der Waals surface area (Å²) < 4.78 is 58.8. The van der Waals surface area contributed by atoms with Crippen molar-refractivity contribution in [3.63, 3.8) is 0 Å². The minimum absolute atomic E-state index is 0.0528. The summed E-state index contributed by atoms with van der Waals surface area (Å²) in [6.45, 7) is -0.474. The summed E-state index contributed by atoms with van der Waals surface area (Å²) in [5.74, 6) is -2.10. The number of nitrogens with zero attached hydrogens (tertiary/aromatic N) is 1. The Morgan fingerprint density at radius 1 is 1.17 bits per heavy atom. The van der Waals surface area contributed by atoms with E-state index in [0.717, 1.165) is 16.4 Å². The number of hydrogen-bond donors (Lipinski definition) is 3. The summed E-state index contributed by atoms with van der Waals surface area (Å²) >= 11 is 0. The molecule has 1 amide bonds. The number of piperidine rings is 1. The Morgan fingerprint density at radius 3 is 2.50 bits per heavy atom. The van der Waals surface area contributed by atoms with E-state index in [9.17, 15) is 27.1 Å². The molecular formula is C19H20F2N2O6S. The molecule has 1 heterocycles. The lowest BCUT2D eigenvalue weighted by Gasteiger charge is -2.35. The molecule has 1 aliphatic rings. The first-order valence-corrected chi connectivity index (χ1v) is 10.5. The standard InChI is InChI=1S/C19H20F2N2O6S/c20-13-2-1-12(17(21)9-13)11-29-15-4-6-16(7-5-15)30(27,28)23-10-14(24)3-8-18(23)19(25)22-26/h1-2,4-7,9,14,18,24,26H,3,8,10-11H2,(H,22,25)/t14-,18-/m1/s1. The lowest BCUT2D eigenvalue weighted by Crippen LogP contribution is -2.54. The van der Waals surface area contributed by atoms with Crippen molar-refractivity contribution >= 4 is 15.9 Å². The van der Waals surface area contributed by atoms with Gasteiger partial charge in [0.05, 0.1) is 11.0 Å². The SMILES string of the molecule is O=C(NO)[C@H]1CC[C@@H](O)CN1S(=O)(=O)c1ccc(OCc2ccc(F)cc2F)cc1. The number of benzene rings is 2. The largest absolute Gasteiger partial charge is 0.489 e. The first kappa shape index (κ1) is 22.1. The Morgan fingerprint density at radius 2 is 1.87 bits per heavy atom. The zero-order chi connectivity index (χ0) is 21.9. The van der Waals surface area contributed by atoms with Crippen molar-refractivity contribution in [2.75, 3.05) is 6.54 Å². The third kappa shape index (κ3) is 4.75. The Hall–Kier alpha value is -2.60. The number of rotatable bonds is 6. The number of aliphatic hydroxyl groups is 1. The minimum Gasteiger partial charge on any atom is -0.489 e. The average molecular weight is 442 g/mol. The third-order valence-electron chi connectivity index (χ3n) is 4.76. The van der Waals surface area contributed by atoms with Gasteiger partial charge in [0.25, 0.3) is 5.91 Å². The van der Waals surface area contributed by atoms with E-state index in [1.807, 2.05) is 0 Å². The highest BCUT2D eigenvalue weighted by Crippen LogP contribution is 2.27. The zero-order valence-electron chi connectivity index (χ0n) is 15.7. The van der Waals surface area contributed by atoms with Gasteiger partial charge in [0, 0.05) is 18.2 Å². The topological polar surface area (TPSA) is 116 Å². The van der Waals surface area contributed by atoms with E-state index < -0.39 is 39.7 Å². The number of amides is 1. The molecular weight excluding hydrogens is 422 g/mol. The van der Waals surface area contributed by atoms with E-state index in [1.165, 1.54) is 35.8 Å². The fourth-order valence-corrected chi connectivity index (χ4v) is 4.82. The number of sulfonamides is 1. The summed E-state index contributed by atoms with van der Waals surface area (Å²) in [6.07, 6.45) is -0.663. The molecule has 11 heteroatoms. The predicted octanol–water partition coefficient (Wildman–Crippen LogP) is 1.56. The fourth-order valence-electron chi connectivity index (χ4n) is 3.17. The molecule has 30 heavy (non-hydrogen) atoms. The molecule has 8 nitrogen and oxygen atoms in total. The fraction of sp³-hybridized carbons (Fsp3) is 0.316. The van der Waals surface area contributed by atoms with Gasteiger partial charge < -0.3 is 9.84 Å². The van der Waals surface area contributed by atoms with Crippen LogP contribution in [0.15, 0.2) is 47.4 Å². The van der Waals surface area contributed by atoms with Gasteiger partial charge >= 0.3 is 0 Å². The molecule has 2 aromatic rings. The van der Waals surface area contributed by atoms with Crippen LogP contribution in [-0.2, 0) is 21.4 Å². The van der Waals surface area contributed by atoms with E-state index in [2.05, 4.69) is 0 Å². The maximum absolute atomic E-state index is 13.7. The summed E-state index contributed by atoms with van der Waals surface area (Å²) in [7, 11) is -4.15. The second-order valence-corrected chi connectivity index (χ2v) is 8.68. The quantitative estimate of drug-likeness (QED) is 0.462. The maximum atomic E-state index is 13.7. The Labute approximate surface area is 171 Å². The number of aliphatic hydroxyl groups excluding tert-OH is 1. The average Bonchev–Trinajstić information content (AvgIpc) is 2.73. The smallest absolute Gasteiger partial charge is 0.261 e. The Balaban J connectivity index is 1.75. The summed E-state index contributed by atoms with van der Waals surface area (Å²) in [5.41, 5.74) is 1.58. The van der Waals surface area contributed by atoms with Crippen LogP contribution in [0.1, 0.15) is 18.4 Å². The summed E-state index contributed by atoms with van der Waals surface area (Å²) in [4.78, 5) is 11.7. The highest BCUT2D eigenvalue weighted by molar-refractivity contribution is 7.89. The van der Waals surface area contributed by atoms with E-state index in [4.69, 9.17) is 9.94 Å². The number of ether oxygens (including phenoxy) is 1. The third-order valence-corrected chi connectivity index (χ3v) is 6.65. The van der Waals surface area contributed by atoms with Crippen LogP contribution >= 0.6 is 0 Å². The lowest BCUT2D eigenvalue weighted by atomic mass is 10.0. The van der Waals surface area contributed by atoms with Crippen molar-refractivity contribution in [3.8, 4) is 5.75 Å². The van der Waals surface area contributed by atoms with Crippen LogP contribution in [0.2, 0.25) is 0 Å². The molecule has 162 valence electrons. The molecule has 3 N–H and O–H groups in total. The van der Waals surface area contributed by atoms with Crippen molar-refractivity contribution in [1.82, 2.24) is 9.79 Å². The Bertz CT molecular complexity index is 1020. The van der Waals surface area contributed by atoms with Crippen LogP contribution in [0, 0.1) is 11.6 Å². The first-order chi connectivity index (χ1) is 14.2. The van der Waals surface area contributed by atoms with Crippen molar-refractivity contribution in [3.05, 3.63) is 59.7 Å². The number of halogens is 2. The van der Waals surface area contributed by atoms with Gasteiger partial charge in [-0.2, -0.15) is 4.31 Å². The zero-order valence-corrected chi connectivity index (χ0v) is 16.5. The second kappa shape index (κ2) is 9.04. The van der Waals surface area contributed by atoms with Gasteiger partial charge in [-0.1, -0.05) is 0 Å².